The van der Waals surface area contributed by atoms with Crippen LogP contribution in [0.5, 0.6) is 11.5 Å². The molecule has 2 N–H and O–H groups in total. The van der Waals surface area contributed by atoms with Gasteiger partial charge in [-0.25, -0.2) is 0 Å². The van der Waals surface area contributed by atoms with Gasteiger partial charge in [0.15, 0.2) is 5.75 Å². The average Bonchev–Trinajstić information content (AvgIpc) is 2.30. The van der Waals surface area contributed by atoms with Gasteiger partial charge in [-0.1, -0.05) is 30.3 Å². The smallest absolute Gasteiger partial charge is 0.313 e. The molecule has 0 unspecified atom stereocenters. The third kappa shape index (κ3) is 3.79. The van der Waals surface area contributed by atoms with Gasteiger partial charge in [-0.3, -0.25) is 10.1 Å². The van der Waals surface area contributed by atoms with Crippen LogP contribution in [-0.4, -0.2) is 15.1 Å². The van der Waals surface area contributed by atoms with Crippen LogP contribution in [0.3, 0.4) is 0 Å². The van der Waals surface area contributed by atoms with E-state index in [0.29, 0.717) is 11.3 Å². The van der Waals surface area contributed by atoms with E-state index >= 15 is 0 Å². The van der Waals surface area contributed by atoms with E-state index in [9.17, 15) is 10.1 Å². The summed E-state index contributed by atoms with van der Waals surface area (Å²) in [6.45, 7) is 1.58. The van der Waals surface area contributed by atoms with E-state index in [0.717, 1.165) is 0 Å². The van der Waals surface area contributed by atoms with Crippen molar-refractivity contribution in [1.82, 2.24) is 0 Å². The normalized spacial score (nSPS) is 9.17. The van der Waals surface area contributed by atoms with Crippen molar-refractivity contribution < 1.29 is 15.1 Å². The first-order chi connectivity index (χ1) is 8.52. The molecular formula is C13H13NO4. The third-order valence-electron chi connectivity index (χ3n) is 2.16. The first-order valence-electron chi connectivity index (χ1n) is 5.19. The second-order valence-corrected chi connectivity index (χ2v) is 3.54. The number of hydrogen-bond acceptors (Lipinski definition) is 4. The highest BCUT2D eigenvalue weighted by atomic mass is 16.6. The highest BCUT2D eigenvalue weighted by Gasteiger charge is 2.14. The highest BCUT2D eigenvalue weighted by molar-refractivity contribution is 5.50. The number of nitro benzene ring substituents is 1. The molecule has 0 amide bonds. The lowest BCUT2D eigenvalue weighted by molar-refractivity contribution is -0.386. The Labute approximate surface area is 104 Å². The lowest BCUT2D eigenvalue weighted by atomic mass is 10.2. The maximum Gasteiger partial charge on any atom is 0.313 e. The Morgan fingerprint density at radius 1 is 1.00 bits per heavy atom. The molecule has 5 heteroatoms. The van der Waals surface area contributed by atoms with Gasteiger partial charge in [0.25, 0.3) is 0 Å². The van der Waals surface area contributed by atoms with Crippen LogP contribution in [-0.2, 0) is 0 Å². The van der Waals surface area contributed by atoms with Gasteiger partial charge in [0.05, 0.1) is 4.92 Å². The molecule has 2 aromatic rings. The summed E-state index contributed by atoms with van der Waals surface area (Å²) in [5.41, 5.74) is 0.252. The minimum atomic E-state index is -0.593. The third-order valence-corrected chi connectivity index (χ3v) is 2.16. The lowest BCUT2D eigenvalue weighted by Crippen LogP contribution is -1.91. The number of phenolic OH excluding ortho intramolecular Hbond substituents is 2. The largest absolute Gasteiger partial charge is 0.508 e. The number of phenols is 2. The number of nitro groups is 1. The molecule has 18 heavy (non-hydrogen) atoms. The van der Waals surface area contributed by atoms with E-state index in [1.165, 1.54) is 6.07 Å². The molecule has 2 rings (SSSR count). The fraction of sp³-hybridized carbons (Fsp3) is 0.0769. The molecule has 0 fully saturated rings. The monoisotopic (exact) mass is 247 g/mol. The molecular weight excluding hydrogens is 234 g/mol. The molecule has 0 saturated carbocycles. The van der Waals surface area contributed by atoms with E-state index in [1.807, 2.05) is 6.07 Å². The lowest BCUT2D eigenvalue weighted by Gasteiger charge is -1.97. The van der Waals surface area contributed by atoms with Crippen molar-refractivity contribution in [2.75, 3.05) is 0 Å². The zero-order valence-electron chi connectivity index (χ0n) is 9.78. The molecule has 94 valence electrons. The van der Waals surface area contributed by atoms with E-state index in [-0.39, 0.29) is 11.4 Å². The molecule has 0 radical (unpaired) electrons. The second-order valence-electron chi connectivity index (χ2n) is 3.54. The number of aryl methyl sites for hydroxylation is 1. The molecule has 0 saturated heterocycles. The second kappa shape index (κ2) is 6.24. The van der Waals surface area contributed by atoms with Gasteiger partial charge in [0.1, 0.15) is 5.75 Å². The van der Waals surface area contributed by atoms with E-state index in [2.05, 4.69) is 0 Å². The summed E-state index contributed by atoms with van der Waals surface area (Å²) in [6.07, 6.45) is 0. The van der Waals surface area contributed by atoms with Crippen LogP contribution in [0.25, 0.3) is 0 Å². The number of para-hydroxylation sites is 2. The zero-order valence-corrected chi connectivity index (χ0v) is 9.78. The molecule has 5 nitrogen and oxygen atoms in total. The van der Waals surface area contributed by atoms with Crippen LogP contribution >= 0.6 is 0 Å². The highest BCUT2D eigenvalue weighted by Crippen LogP contribution is 2.28. The van der Waals surface area contributed by atoms with Gasteiger partial charge < -0.3 is 10.2 Å². The van der Waals surface area contributed by atoms with Crippen molar-refractivity contribution >= 4 is 5.69 Å². The minimum absolute atomic E-state index is 0.215. The van der Waals surface area contributed by atoms with Gasteiger partial charge in [-0.2, -0.15) is 0 Å². The first-order valence-corrected chi connectivity index (χ1v) is 5.19. The van der Waals surface area contributed by atoms with Crippen molar-refractivity contribution in [1.29, 1.82) is 0 Å². The molecule has 0 aliphatic carbocycles. The average molecular weight is 247 g/mol. The SMILES string of the molecule is Cc1cccc(O)c1[N+](=O)[O-].Oc1ccccc1. The number of rotatable bonds is 1. The van der Waals surface area contributed by atoms with Crippen molar-refractivity contribution in [3.05, 3.63) is 64.2 Å². The Kier molecular flexibility index (Phi) is 4.68. The van der Waals surface area contributed by atoms with Crippen molar-refractivity contribution in [2.45, 2.75) is 6.92 Å². The van der Waals surface area contributed by atoms with Crippen molar-refractivity contribution in [3.63, 3.8) is 0 Å². The van der Waals surface area contributed by atoms with E-state index in [4.69, 9.17) is 10.2 Å². The Morgan fingerprint density at radius 3 is 1.94 bits per heavy atom. The number of nitrogens with zero attached hydrogens (tertiary/aromatic N) is 1. The molecule has 0 spiro atoms. The maximum atomic E-state index is 10.3. The molecule has 0 aliphatic rings. The van der Waals surface area contributed by atoms with Crippen molar-refractivity contribution in [2.24, 2.45) is 0 Å². The summed E-state index contributed by atoms with van der Waals surface area (Å²) in [5, 5.41) is 27.9. The molecule has 0 aliphatic heterocycles. The zero-order chi connectivity index (χ0) is 13.5. The van der Waals surface area contributed by atoms with Crippen LogP contribution in [0, 0.1) is 17.0 Å². The van der Waals surface area contributed by atoms with Gasteiger partial charge in [0, 0.05) is 5.56 Å². The topological polar surface area (TPSA) is 83.6 Å². The summed E-state index contributed by atoms with van der Waals surface area (Å²) in [7, 11) is 0. The molecule has 2 aromatic carbocycles. The molecule has 0 atom stereocenters. The van der Waals surface area contributed by atoms with Gasteiger partial charge in [0.2, 0.25) is 0 Å². The summed E-state index contributed by atoms with van der Waals surface area (Å²) in [6, 6.07) is 13.2. The van der Waals surface area contributed by atoms with Gasteiger partial charge in [-0.05, 0) is 25.1 Å². The predicted molar refractivity (Wildman–Crippen MR) is 67.6 cm³/mol. The van der Waals surface area contributed by atoms with Gasteiger partial charge in [-0.15, -0.1) is 0 Å². The van der Waals surface area contributed by atoms with Crippen LogP contribution in [0.2, 0.25) is 0 Å². The van der Waals surface area contributed by atoms with E-state index in [1.54, 1.807) is 43.3 Å². The summed E-state index contributed by atoms with van der Waals surface area (Å²) < 4.78 is 0. The quantitative estimate of drug-likeness (QED) is 0.599. The van der Waals surface area contributed by atoms with Crippen LogP contribution < -0.4 is 0 Å². The maximum absolute atomic E-state index is 10.3. The Hall–Kier alpha value is -2.56. The predicted octanol–water partition coefficient (Wildman–Crippen LogP) is 3.00. The fourth-order valence-corrected chi connectivity index (χ4v) is 1.31. The molecule has 0 bridgehead atoms. The summed E-state index contributed by atoms with van der Waals surface area (Å²) in [4.78, 5) is 9.70. The van der Waals surface area contributed by atoms with Crippen molar-refractivity contribution in [3.8, 4) is 11.5 Å². The number of hydrogen-bond donors (Lipinski definition) is 2. The Morgan fingerprint density at radius 2 is 1.61 bits per heavy atom. The standard InChI is InChI=1S/C7H7NO3.C6H6O/c1-5-3-2-4-6(9)7(5)8(10)11;7-6-4-2-1-3-5-6/h2-4,9H,1H3;1-5,7H. The minimum Gasteiger partial charge on any atom is -0.508 e. The summed E-state index contributed by atoms with van der Waals surface area (Å²) in [5.74, 6) is 0.0394. The van der Waals surface area contributed by atoms with Crippen LogP contribution in [0.15, 0.2) is 48.5 Å². The van der Waals surface area contributed by atoms with E-state index < -0.39 is 4.92 Å². The first kappa shape index (κ1) is 13.5. The fourth-order valence-electron chi connectivity index (χ4n) is 1.31. The number of benzene rings is 2. The molecule has 0 heterocycles. The number of aromatic hydroxyl groups is 2. The van der Waals surface area contributed by atoms with Crippen LogP contribution in [0.4, 0.5) is 5.69 Å². The van der Waals surface area contributed by atoms with Crippen LogP contribution in [0.1, 0.15) is 5.56 Å². The molecule has 0 aromatic heterocycles. The Bertz CT molecular complexity index is 506. The Balaban J connectivity index is 0.000000199. The summed E-state index contributed by atoms with van der Waals surface area (Å²) >= 11 is 0. The van der Waals surface area contributed by atoms with Gasteiger partial charge >= 0.3 is 5.69 Å².